The van der Waals surface area contributed by atoms with E-state index in [0.29, 0.717) is 0 Å². The molecule has 1 heterocycles. The van der Waals surface area contributed by atoms with Gasteiger partial charge in [-0.15, -0.1) is 6.58 Å². The van der Waals surface area contributed by atoms with Crippen LogP contribution in [0.15, 0.2) is 31.0 Å². The second-order valence-corrected chi connectivity index (χ2v) is 3.78. The molecule has 1 aromatic heterocycles. The van der Waals surface area contributed by atoms with Crippen molar-refractivity contribution in [2.24, 2.45) is 0 Å². The van der Waals surface area contributed by atoms with Crippen LogP contribution in [-0.2, 0) is 0 Å². The average molecular weight is 266 g/mol. The average Bonchev–Trinajstić information content (AvgIpc) is 2.41. The van der Waals surface area contributed by atoms with Crippen molar-refractivity contribution in [3.63, 3.8) is 0 Å². The normalized spacial score (nSPS) is 10.5. The number of nitrogens with one attached hydrogen (secondary N) is 1. The summed E-state index contributed by atoms with van der Waals surface area (Å²) >= 11 is 0. The minimum absolute atomic E-state index is 0.0163. The van der Waals surface area contributed by atoms with Gasteiger partial charge in [-0.2, -0.15) is 0 Å². The van der Waals surface area contributed by atoms with Gasteiger partial charge < -0.3 is 5.32 Å². The van der Waals surface area contributed by atoms with E-state index in [2.05, 4.69) is 16.9 Å². The predicted molar refractivity (Wildman–Crippen MR) is 64.1 cm³/mol. The number of amides is 1. The maximum absolute atomic E-state index is 13.4. The van der Waals surface area contributed by atoms with Gasteiger partial charge in [0.05, 0.1) is 5.56 Å². The van der Waals surface area contributed by atoms with Gasteiger partial charge in [0.1, 0.15) is 5.52 Å². The molecule has 1 aromatic carbocycles. The second kappa shape index (κ2) is 5.09. The van der Waals surface area contributed by atoms with E-state index in [-0.39, 0.29) is 23.0 Å². The molecule has 0 saturated heterocycles. The Bertz CT molecular complexity index is 670. The fourth-order valence-corrected chi connectivity index (χ4v) is 1.57. The van der Waals surface area contributed by atoms with Crippen LogP contribution >= 0.6 is 0 Å². The number of aromatic nitrogens is 1. The Morgan fingerprint density at radius 1 is 1.32 bits per heavy atom. The van der Waals surface area contributed by atoms with Crippen molar-refractivity contribution < 1.29 is 18.0 Å². The van der Waals surface area contributed by atoms with E-state index in [9.17, 15) is 18.0 Å². The molecule has 0 aliphatic heterocycles. The molecular formula is C13H9F3N2O. The number of hydrogen-bond donors (Lipinski definition) is 1. The van der Waals surface area contributed by atoms with Crippen LogP contribution in [0.2, 0.25) is 0 Å². The minimum atomic E-state index is -1.58. The first-order valence-electron chi connectivity index (χ1n) is 5.37. The van der Waals surface area contributed by atoms with Crippen LogP contribution in [0.4, 0.5) is 13.2 Å². The minimum Gasteiger partial charge on any atom is -0.349 e. The Labute approximate surface area is 106 Å². The number of carbonyl (C=O) groups is 1. The fourth-order valence-electron chi connectivity index (χ4n) is 1.57. The molecule has 1 N–H and O–H groups in total. The van der Waals surface area contributed by atoms with Crippen molar-refractivity contribution in [1.29, 1.82) is 0 Å². The van der Waals surface area contributed by atoms with Gasteiger partial charge in [-0.3, -0.25) is 9.78 Å². The summed E-state index contributed by atoms with van der Waals surface area (Å²) in [6.07, 6.45) is 2.59. The molecule has 0 radical (unpaired) electrons. The summed E-state index contributed by atoms with van der Waals surface area (Å²) in [5, 5.41) is 2.51. The van der Waals surface area contributed by atoms with Crippen molar-refractivity contribution in [1.82, 2.24) is 10.3 Å². The SMILES string of the molecule is C=CCNC(=O)c1cnc2c(F)c(F)c(F)cc2c1. The maximum atomic E-state index is 13.4. The van der Waals surface area contributed by atoms with Crippen LogP contribution in [0.25, 0.3) is 10.9 Å². The lowest BCUT2D eigenvalue weighted by molar-refractivity contribution is 0.0958. The molecule has 0 aliphatic rings. The van der Waals surface area contributed by atoms with Gasteiger partial charge in [-0.05, 0) is 12.1 Å². The van der Waals surface area contributed by atoms with E-state index in [4.69, 9.17) is 0 Å². The van der Waals surface area contributed by atoms with Crippen LogP contribution in [-0.4, -0.2) is 17.4 Å². The molecule has 0 spiro atoms. The highest BCUT2D eigenvalue weighted by atomic mass is 19.2. The van der Waals surface area contributed by atoms with E-state index in [1.54, 1.807) is 0 Å². The first-order valence-corrected chi connectivity index (χ1v) is 5.37. The van der Waals surface area contributed by atoms with Crippen LogP contribution in [0.5, 0.6) is 0 Å². The van der Waals surface area contributed by atoms with E-state index in [1.165, 1.54) is 12.1 Å². The molecule has 0 bridgehead atoms. The van der Waals surface area contributed by atoms with Gasteiger partial charge in [0.2, 0.25) is 0 Å². The largest absolute Gasteiger partial charge is 0.349 e. The molecule has 0 unspecified atom stereocenters. The molecule has 1 amide bonds. The Morgan fingerprint density at radius 3 is 2.74 bits per heavy atom. The van der Waals surface area contributed by atoms with E-state index in [1.807, 2.05) is 0 Å². The van der Waals surface area contributed by atoms with Gasteiger partial charge >= 0.3 is 0 Å². The Hall–Kier alpha value is -2.37. The zero-order valence-electron chi connectivity index (χ0n) is 9.71. The van der Waals surface area contributed by atoms with Crippen LogP contribution in [0.1, 0.15) is 10.4 Å². The van der Waals surface area contributed by atoms with Crippen molar-refractivity contribution in [2.45, 2.75) is 0 Å². The number of fused-ring (bicyclic) bond motifs is 1. The summed E-state index contributed by atoms with van der Waals surface area (Å²) in [5.74, 6) is -4.73. The van der Waals surface area contributed by atoms with Gasteiger partial charge in [0.25, 0.3) is 5.91 Å². The fraction of sp³-hybridized carbons (Fsp3) is 0.0769. The third-order valence-electron chi connectivity index (χ3n) is 2.48. The lowest BCUT2D eigenvalue weighted by atomic mass is 10.1. The molecule has 0 aliphatic carbocycles. The first kappa shape index (κ1) is 13.1. The van der Waals surface area contributed by atoms with Crippen LogP contribution < -0.4 is 5.32 Å². The van der Waals surface area contributed by atoms with E-state index < -0.39 is 23.4 Å². The third kappa shape index (κ3) is 2.42. The topological polar surface area (TPSA) is 42.0 Å². The summed E-state index contributed by atoms with van der Waals surface area (Å²) in [6, 6.07) is 2.04. The lowest BCUT2D eigenvalue weighted by Gasteiger charge is -2.05. The number of carbonyl (C=O) groups excluding carboxylic acids is 1. The smallest absolute Gasteiger partial charge is 0.253 e. The first-order chi connectivity index (χ1) is 9.04. The molecule has 0 atom stereocenters. The molecule has 2 rings (SSSR count). The molecule has 2 aromatic rings. The highest BCUT2D eigenvalue weighted by Crippen LogP contribution is 2.21. The molecule has 98 valence electrons. The summed E-state index contributed by atoms with van der Waals surface area (Å²) in [6.45, 7) is 3.69. The summed E-state index contributed by atoms with van der Waals surface area (Å²) < 4.78 is 39.5. The Balaban J connectivity index is 2.49. The Morgan fingerprint density at radius 2 is 2.05 bits per heavy atom. The molecule has 19 heavy (non-hydrogen) atoms. The molecule has 3 nitrogen and oxygen atoms in total. The molecule has 6 heteroatoms. The highest BCUT2D eigenvalue weighted by molar-refractivity contribution is 5.97. The molecule has 0 saturated carbocycles. The summed E-state index contributed by atoms with van der Waals surface area (Å²) in [4.78, 5) is 15.3. The number of rotatable bonds is 3. The predicted octanol–water partition coefficient (Wildman–Crippen LogP) is 2.57. The summed E-state index contributed by atoms with van der Waals surface area (Å²) in [5.41, 5.74) is -0.195. The van der Waals surface area contributed by atoms with Crippen molar-refractivity contribution in [3.05, 3.63) is 54.0 Å². The van der Waals surface area contributed by atoms with Crippen molar-refractivity contribution in [2.75, 3.05) is 6.54 Å². The number of halogens is 3. The standard InChI is InChI=1S/C13H9F3N2O/c1-2-3-17-13(19)8-4-7-5-9(14)10(15)11(16)12(7)18-6-8/h2,4-6H,1,3H2,(H,17,19). The lowest BCUT2D eigenvalue weighted by Crippen LogP contribution is -2.23. The zero-order valence-corrected chi connectivity index (χ0v) is 9.71. The van der Waals surface area contributed by atoms with Gasteiger partial charge in [-0.1, -0.05) is 6.08 Å². The molecule has 0 fully saturated rings. The van der Waals surface area contributed by atoms with Crippen LogP contribution in [0.3, 0.4) is 0 Å². The highest BCUT2D eigenvalue weighted by Gasteiger charge is 2.16. The summed E-state index contributed by atoms with van der Waals surface area (Å²) in [7, 11) is 0. The zero-order chi connectivity index (χ0) is 14.0. The maximum Gasteiger partial charge on any atom is 0.253 e. The monoisotopic (exact) mass is 266 g/mol. The quantitative estimate of drug-likeness (QED) is 0.685. The number of hydrogen-bond acceptors (Lipinski definition) is 2. The Kier molecular flexibility index (Phi) is 3.50. The van der Waals surface area contributed by atoms with Gasteiger partial charge in [0, 0.05) is 18.1 Å². The van der Waals surface area contributed by atoms with Crippen molar-refractivity contribution in [3.8, 4) is 0 Å². The van der Waals surface area contributed by atoms with Gasteiger partial charge in [0.15, 0.2) is 17.5 Å². The van der Waals surface area contributed by atoms with E-state index in [0.717, 1.165) is 12.3 Å². The van der Waals surface area contributed by atoms with Gasteiger partial charge in [-0.25, -0.2) is 13.2 Å². The van der Waals surface area contributed by atoms with Crippen LogP contribution in [0, 0.1) is 17.5 Å². The van der Waals surface area contributed by atoms with Crippen molar-refractivity contribution >= 4 is 16.8 Å². The van der Waals surface area contributed by atoms with E-state index >= 15 is 0 Å². The third-order valence-corrected chi connectivity index (χ3v) is 2.48. The number of pyridine rings is 1. The number of nitrogens with zero attached hydrogens (tertiary/aromatic N) is 1. The second-order valence-electron chi connectivity index (χ2n) is 3.78. The number of benzene rings is 1. The molecular weight excluding hydrogens is 257 g/mol.